The van der Waals surface area contributed by atoms with E-state index in [1.807, 2.05) is 38.1 Å². The highest BCUT2D eigenvalue weighted by Crippen LogP contribution is 2.12. The standard InChI is InChI=1S/C13H17BrO2/c1-10(2)16-9-3-4-13(15)11-5-7-12(14)8-6-11/h5-8,10H,3-4,9H2,1-2H3. The molecule has 0 heterocycles. The summed E-state index contributed by atoms with van der Waals surface area (Å²) in [5, 5.41) is 0. The van der Waals surface area contributed by atoms with Gasteiger partial charge in [-0.1, -0.05) is 28.1 Å². The molecule has 0 aliphatic carbocycles. The van der Waals surface area contributed by atoms with Crippen LogP contribution >= 0.6 is 15.9 Å². The first-order chi connectivity index (χ1) is 7.59. The Labute approximate surface area is 105 Å². The molecule has 0 aliphatic heterocycles. The van der Waals surface area contributed by atoms with E-state index in [1.54, 1.807) is 0 Å². The molecule has 0 unspecified atom stereocenters. The summed E-state index contributed by atoms with van der Waals surface area (Å²) >= 11 is 3.34. The summed E-state index contributed by atoms with van der Waals surface area (Å²) < 4.78 is 6.38. The molecule has 0 saturated carbocycles. The Morgan fingerprint density at radius 3 is 2.50 bits per heavy atom. The SMILES string of the molecule is CC(C)OCCCC(=O)c1ccc(Br)cc1. The van der Waals surface area contributed by atoms with Gasteiger partial charge in [-0.3, -0.25) is 4.79 Å². The lowest BCUT2D eigenvalue weighted by atomic mass is 10.1. The van der Waals surface area contributed by atoms with Crippen LogP contribution in [0.3, 0.4) is 0 Å². The molecule has 88 valence electrons. The van der Waals surface area contributed by atoms with E-state index in [1.165, 1.54) is 0 Å². The molecule has 0 saturated heterocycles. The van der Waals surface area contributed by atoms with Crippen LogP contribution in [0.5, 0.6) is 0 Å². The zero-order valence-electron chi connectivity index (χ0n) is 9.70. The number of ether oxygens (including phenoxy) is 1. The van der Waals surface area contributed by atoms with Crippen molar-refractivity contribution in [1.82, 2.24) is 0 Å². The molecule has 0 aromatic heterocycles. The predicted octanol–water partition coefficient (Wildman–Crippen LogP) is 3.84. The first kappa shape index (κ1) is 13.4. The van der Waals surface area contributed by atoms with Crippen molar-refractivity contribution >= 4 is 21.7 Å². The number of Topliss-reactive ketones (excluding diaryl/α,β-unsaturated/α-hetero) is 1. The maximum absolute atomic E-state index is 11.7. The summed E-state index contributed by atoms with van der Waals surface area (Å²) in [5.74, 6) is 0.180. The first-order valence-electron chi connectivity index (χ1n) is 5.50. The number of benzene rings is 1. The Kier molecular flexibility index (Phi) is 5.71. The lowest BCUT2D eigenvalue weighted by Crippen LogP contribution is -2.06. The Hall–Kier alpha value is -0.670. The number of hydrogen-bond donors (Lipinski definition) is 0. The lowest BCUT2D eigenvalue weighted by Gasteiger charge is -2.06. The number of hydrogen-bond acceptors (Lipinski definition) is 2. The van der Waals surface area contributed by atoms with Crippen molar-refractivity contribution < 1.29 is 9.53 Å². The Bertz CT molecular complexity index is 330. The van der Waals surface area contributed by atoms with Crippen LogP contribution in [0.4, 0.5) is 0 Å². The summed E-state index contributed by atoms with van der Waals surface area (Å²) in [7, 11) is 0. The van der Waals surface area contributed by atoms with Crippen molar-refractivity contribution in [3.05, 3.63) is 34.3 Å². The van der Waals surface area contributed by atoms with E-state index < -0.39 is 0 Å². The molecule has 1 aromatic rings. The monoisotopic (exact) mass is 284 g/mol. The third kappa shape index (κ3) is 4.90. The van der Waals surface area contributed by atoms with Gasteiger partial charge in [0.25, 0.3) is 0 Å². The quantitative estimate of drug-likeness (QED) is 0.586. The molecule has 0 amide bonds. The van der Waals surface area contributed by atoms with Gasteiger partial charge in [-0.05, 0) is 32.4 Å². The van der Waals surface area contributed by atoms with Gasteiger partial charge in [-0.25, -0.2) is 0 Å². The van der Waals surface area contributed by atoms with Gasteiger partial charge in [-0.15, -0.1) is 0 Å². The van der Waals surface area contributed by atoms with Crippen LogP contribution in [-0.2, 0) is 4.74 Å². The molecule has 1 rings (SSSR count). The van der Waals surface area contributed by atoms with Crippen LogP contribution in [0.15, 0.2) is 28.7 Å². The summed E-state index contributed by atoms with van der Waals surface area (Å²) in [6.07, 6.45) is 1.57. The third-order valence-corrected chi connectivity index (χ3v) is 2.69. The zero-order chi connectivity index (χ0) is 12.0. The third-order valence-electron chi connectivity index (χ3n) is 2.17. The number of rotatable bonds is 6. The van der Waals surface area contributed by atoms with Crippen LogP contribution in [0.1, 0.15) is 37.0 Å². The molecule has 1 aromatic carbocycles. The Morgan fingerprint density at radius 2 is 1.94 bits per heavy atom. The van der Waals surface area contributed by atoms with E-state index in [4.69, 9.17) is 4.74 Å². The number of carbonyl (C=O) groups excluding carboxylic acids is 1. The van der Waals surface area contributed by atoms with Crippen molar-refractivity contribution in [2.45, 2.75) is 32.8 Å². The van der Waals surface area contributed by atoms with E-state index in [2.05, 4.69) is 15.9 Å². The van der Waals surface area contributed by atoms with E-state index in [0.717, 1.165) is 16.5 Å². The maximum atomic E-state index is 11.7. The smallest absolute Gasteiger partial charge is 0.162 e. The molecule has 16 heavy (non-hydrogen) atoms. The minimum absolute atomic E-state index is 0.180. The van der Waals surface area contributed by atoms with E-state index >= 15 is 0 Å². The zero-order valence-corrected chi connectivity index (χ0v) is 11.3. The van der Waals surface area contributed by atoms with Gasteiger partial charge in [0, 0.05) is 23.1 Å². The maximum Gasteiger partial charge on any atom is 0.162 e. The molecule has 0 fully saturated rings. The van der Waals surface area contributed by atoms with Crippen LogP contribution in [-0.4, -0.2) is 18.5 Å². The lowest BCUT2D eigenvalue weighted by molar-refractivity contribution is 0.0721. The topological polar surface area (TPSA) is 26.3 Å². The summed E-state index contributed by atoms with van der Waals surface area (Å²) in [6.45, 7) is 4.65. The summed E-state index contributed by atoms with van der Waals surface area (Å²) in [6, 6.07) is 7.46. The van der Waals surface area contributed by atoms with Gasteiger partial charge in [0.05, 0.1) is 6.10 Å². The fourth-order valence-corrected chi connectivity index (χ4v) is 1.60. The van der Waals surface area contributed by atoms with Crippen molar-refractivity contribution in [3.63, 3.8) is 0 Å². The second-order valence-electron chi connectivity index (χ2n) is 3.95. The fraction of sp³-hybridized carbons (Fsp3) is 0.462. The highest BCUT2D eigenvalue weighted by atomic mass is 79.9. The normalized spacial score (nSPS) is 10.8. The van der Waals surface area contributed by atoms with E-state index in [9.17, 15) is 4.79 Å². The minimum Gasteiger partial charge on any atom is -0.379 e. The predicted molar refractivity (Wildman–Crippen MR) is 68.8 cm³/mol. The average molecular weight is 285 g/mol. The van der Waals surface area contributed by atoms with Crippen molar-refractivity contribution in [1.29, 1.82) is 0 Å². The van der Waals surface area contributed by atoms with Crippen molar-refractivity contribution in [2.75, 3.05) is 6.61 Å². The first-order valence-corrected chi connectivity index (χ1v) is 6.29. The molecular formula is C13H17BrO2. The van der Waals surface area contributed by atoms with Crippen molar-refractivity contribution in [3.8, 4) is 0 Å². The molecule has 0 radical (unpaired) electrons. The minimum atomic E-state index is 0.180. The average Bonchev–Trinajstić information content (AvgIpc) is 2.25. The molecule has 2 nitrogen and oxygen atoms in total. The van der Waals surface area contributed by atoms with Crippen LogP contribution in [0, 0.1) is 0 Å². The van der Waals surface area contributed by atoms with Gasteiger partial charge in [0.15, 0.2) is 5.78 Å². The molecule has 0 spiro atoms. The largest absolute Gasteiger partial charge is 0.379 e. The van der Waals surface area contributed by atoms with Crippen LogP contribution < -0.4 is 0 Å². The van der Waals surface area contributed by atoms with E-state index in [-0.39, 0.29) is 11.9 Å². The van der Waals surface area contributed by atoms with Gasteiger partial charge < -0.3 is 4.74 Å². The summed E-state index contributed by atoms with van der Waals surface area (Å²) in [4.78, 5) is 11.7. The van der Waals surface area contributed by atoms with Crippen molar-refractivity contribution in [2.24, 2.45) is 0 Å². The van der Waals surface area contributed by atoms with Gasteiger partial charge in [0.2, 0.25) is 0 Å². The fourth-order valence-electron chi connectivity index (χ4n) is 1.33. The van der Waals surface area contributed by atoms with Gasteiger partial charge in [0.1, 0.15) is 0 Å². The van der Waals surface area contributed by atoms with Crippen LogP contribution in [0.2, 0.25) is 0 Å². The Balaban J connectivity index is 2.32. The second kappa shape index (κ2) is 6.81. The second-order valence-corrected chi connectivity index (χ2v) is 4.87. The molecule has 0 atom stereocenters. The van der Waals surface area contributed by atoms with Crippen LogP contribution in [0.25, 0.3) is 0 Å². The summed E-state index contributed by atoms with van der Waals surface area (Å²) in [5.41, 5.74) is 0.771. The number of halogens is 1. The Morgan fingerprint density at radius 1 is 1.31 bits per heavy atom. The number of ketones is 1. The molecule has 0 bridgehead atoms. The van der Waals surface area contributed by atoms with E-state index in [0.29, 0.717) is 13.0 Å². The highest BCUT2D eigenvalue weighted by molar-refractivity contribution is 9.10. The number of carbonyl (C=O) groups is 1. The molecular weight excluding hydrogens is 268 g/mol. The van der Waals surface area contributed by atoms with Gasteiger partial charge >= 0.3 is 0 Å². The van der Waals surface area contributed by atoms with Gasteiger partial charge in [-0.2, -0.15) is 0 Å². The highest BCUT2D eigenvalue weighted by Gasteiger charge is 2.05. The molecule has 0 N–H and O–H groups in total. The molecule has 3 heteroatoms. The molecule has 0 aliphatic rings.